The molecule has 0 amide bonds. The predicted molar refractivity (Wildman–Crippen MR) is 77.5 cm³/mol. The second kappa shape index (κ2) is 6.78. The summed E-state index contributed by atoms with van der Waals surface area (Å²) < 4.78 is 5.84. The Morgan fingerprint density at radius 1 is 1.33 bits per heavy atom. The van der Waals surface area contributed by atoms with Crippen LogP contribution >= 0.6 is 22.9 Å². The molecule has 0 fully saturated rings. The summed E-state index contributed by atoms with van der Waals surface area (Å²) in [4.78, 5) is 0. The van der Waals surface area contributed by atoms with Crippen LogP contribution in [0, 0.1) is 0 Å². The molecule has 0 saturated heterocycles. The number of ether oxygens (including phenoxy) is 1. The molecule has 1 N–H and O–H groups in total. The maximum atomic E-state index is 6.01. The summed E-state index contributed by atoms with van der Waals surface area (Å²) in [6.07, 6.45) is 0. The molecule has 0 unspecified atom stereocenters. The molecule has 2 aromatic rings. The highest BCUT2D eigenvalue weighted by Gasteiger charge is 2.05. The first-order valence-corrected chi connectivity index (χ1v) is 7.24. The van der Waals surface area contributed by atoms with Crippen LogP contribution in [0.3, 0.4) is 0 Å². The quantitative estimate of drug-likeness (QED) is 0.861. The summed E-state index contributed by atoms with van der Waals surface area (Å²) in [6, 6.07) is 7.82. The number of hydrogen-bond donors (Lipinski definition) is 1. The van der Waals surface area contributed by atoms with Crippen LogP contribution in [0.25, 0.3) is 0 Å². The lowest BCUT2D eigenvalue weighted by Crippen LogP contribution is -2.12. The van der Waals surface area contributed by atoms with Gasteiger partial charge in [0, 0.05) is 17.1 Å². The minimum absolute atomic E-state index is 0.601. The average molecular weight is 282 g/mol. The van der Waals surface area contributed by atoms with Crippen molar-refractivity contribution in [1.29, 1.82) is 0 Å². The summed E-state index contributed by atoms with van der Waals surface area (Å²) in [7, 11) is 0. The van der Waals surface area contributed by atoms with E-state index in [2.05, 4.69) is 29.1 Å². The van der Waals surface area contributed by atoms with Gasteiger partial charge in [-0.15, -0.1) is 0 Å². The van der Waals surface area contributed by atoms with Crippen molar-refractivity contribution in [2.45, 2.75) is 20.1 Å². The monoisotopic (exact) mass is 281 g/mol. The Labute approximate surface area is 117 Å². The van der Waals surface area contributed by atoms with Crippen LogP contribution in [0.2, 0.25) is 5.02 Å². The maximum Gasteiger partial charge on any atom is 0.124 e. The Morgan fingerprint density at radius 3 is 2.94 bits per heavy atom. The molecular formula is C14H16ClNOS. The van der Waals surface area contributed by atoms with Gasteiger partial charge < -0.3 is 10.1 Å². The maximum absolute atomic E-state index is 6.01. The highest BCUT2D eigenvalue weighted by Crippen LogP contribution is 2.24. The molecule has 4 heteroatoms. The normalized spacial score (nSPS) is 10.6. The molecule has 2 nitrogen and oxygen atoms in total. The van der Waals surface area contributed by atoms with Gasteiger partial charge in [0.15, 0.2) is 0 Å². The standard InChI is InChI=1S/C14H16ClNOS/c1-2-16-8-12-7-13(15)3-4-14(12)17-9-11-5-6-18-10-11/h3-7,10,16H,2,8-9H2,1H3. The summed E-state index contributed by atoms with van der Waals surface area (Å²) in [5, 5.41) is 8.18. The zero-order valence-electron chi connectivity index (χ0n) is 10.3. The molecule has 96 valence electrons. The van der Waals surface area contributed by atoms with Gasteiger partial charge in [-0.1, -0.05) is 18.5 Å². The van der Waals surface area contributed by atoms with Gasteiger partial charge in [0.05, 0.1) is 0 Å². The number of halogens is 1. The first-order valence-electron chi connectivity index (χ1n) is 5.92. The van der Waals surface area contributed by atoms with Gasteiger partial charge in [0.2, 0.25) is 0 Å². The summed E-state index contributed by atoms with van der Waals surface area (Å²) >= 11 is 7.70. The Bertz CT molecular complexity index is 485. The molecule has 18 heavy (non-hydrogen) atoms. The molecule has 0 radical (unpaired) electrons. The van der Waals surface area contributed by atoms with E-state index in [1.165, 1.54) is 5.56 Å². The number of thiophene rings is 1. The topological polar surface area (TPSA) is 21.3 Å². The van der Waals surface area contributed by atoms with E-state index in [4.69, 9.17) is 16.3 Å². The van der Waals surface area contributed by atoms with Gasteiger partial charge in [-0.25, -0.2) is 0 Å². The highest BCUT2D eigenvalue weighted by atomic mass is 35.5. The number of nitrogens with one attached hydrogen (secondary N) is 1. The molecule has 0 atom stereocenters. The molecule has 0 aliphatic carbocycles. The highest BCUT2D eigenvalue weighted by molar-refractivity contribution is 7.07. The average Bonchev–Trinajstić information content (AvgIpc) is 2.88. The fourth-order valence-corrected chi connectivity index (χ4v) is 2.47. The minimum atomic E-state index is 0.601. The van der Waals surface area contributed by atoms with Gasteiger partial charge in [0.1, 0.15) is 12.4 Å². The molecule has 0 aliphatic rings. The van der Waals surface area contributed by atoms with E-state index in [1.54, 1.807) is 11.3 Å². The van der Waals surface area contributed by atoms with Crippen LogP contribution in [0.1, 0.15) is 18.1 Å². The molecule has 1 heterocycles. The molecule has 1 aromatic heterocycles. The lowest BCUT2D eigenvalue weighted by atomic mass is 10.2. The first-order chi connectivity index (χ1) is 8.79. The van der Waals surface area contributed by atoms with Crippen molar-refractivity contribution in [2.75, 3.05) is 6.54 Å². The molecule has 0 aliphatic heterocycles. The van der Waals surface area contributed by atoms with Gasteiger partial charge in [-0.2, -0.15) is 11.3 Å². The fourth-order valence-electron chi connectivity index (χ4n) is 1.62. The van der Waals surface area contributed by atoms with Crippen molar-refractivity contribution in [2.24, 2.45) is 0 Å². The number of benzene rings is 1. The Kier molecular flexibility index (Phi) is 5.05. The third kappa shape index (κ3) is 3.73. The van der Waals surface area contributed by atoms with Crippen molar-refractivity contribution in [1.82, 2.24) is 5.32 Å². The van der Waals surface area contributed by atoms with E-state index in [9.17, 15) is 0 Å². The van der Waals surface area contributed by atoms with E-state index < -0.39 is 0 Å². The van der Waals surface area contributed by atoms with Crippen LogP contribution in [0.5, 0.6) is 5.75 Å². The van der Waals surface area contributed by atoms with Crippen molar-refractivity contribution < 1.29 is 4.74 Å². The molecular weight excluding hydrogens is 266 g/mol. The van der Waals surface area contributed by atoms with Gasteiger partial charge in [-0.3, -0.25) is 0 Å². The summed E-state index contributed by atoms with van der Waals surface area (Å²) in [5.74, 6) is 0.895. The van der Waals surface area contributed by atoms with Crippen LogP contribution in [0.15, 0.2) is 35.0 Å². The van der Waals surface area contributed by atoms with Crippen LogP contribution in [-0.4, -0.2) is 6.54 Å². The molecule has 0 saturated carbocycles. The molecule has 0 bridgehead atoms. The van der Waals surface area contributed by atoms with Crippen molar-refractivity contribution in [3.05, 3.63) is 51.2 Å². The smallest absolute Gasteiger partial charge is 0.124 e. The molecule has 1 aromatic carbocycles. The summed E-state index contributed by atoms with van der Waals surface area (Å²) in [5.41, 5.74) is 2.30. The Balaban J connectivity index is 2.05. The summed E-state index contributed by atoms with van der Waals surface area (Å²) in [6.45, 7) is 4.38. The SMILES string of the molecule is CCNCc1cc(Cl)ccc1OCc1ccsc1. The van der Waals surface area contributed by atoms with Gasteiger partial charge in [0.25, 0.3) is 0 Å². The lowest BCUT2D eigenvalue weighted by molar-refractivity contribution is 0.302. The fraction of sp³-hybridized carbons (Fsp3) is 0.286. The van der Waals surface area contributed by atoms with E-state index in [0.29, 0.717) is 6.61 Å². The van der Waals surface area contributed by atoms with E-state index in [-0.39, 0.29) is 0 Å². The second-order valence-corrected chi connectivity index (χ2v) is 5.17. The zero-order valence-corrected chi connectivity index (χ0v) is 11.9. The zero-order chi connectivity index (χ0) is 12.8. The van der Waals surface area contributed by atoms with Gasteiger partial charge in [-0.05, 0) is 47.1 Å². The van der Waals surface area contributed by atoms with Crippen molar-refractivity contribution in [3.8, 4) is 5.75 Å². The largest absolute Gasteiger partial charge is 0.489 e. The third-order valence-electron chi connectivity index (χ3n) is 2.56. The minimum Gasteiger partial charge on any atom is -0.489 e. The van der Waals surface area contributed by atoms with E-state index in [1.807, 2.05) is 18.2 Å². The third-order valence-corrected chi connectivity index (χ3v) is 3.53. The van der Waals surface area contributed by atoms with Crippen LogP contribution in [-0.2, 0) is 13.2 Å². The molecule has 0 spiro atoms. The van der Waals surface area contributed by atoms with Gasteiger partial charge >= 0.3 is 0 Å². The van der Waals surface area contributed by atoms with Crippen LogP contribution in [0.4, 0.5) is 0 Å². The van der Waals surface area contributed by atoms with Crippen molar-refractivity contribution in [3.63, 3.8) is 0 Å². The lowest BCUT2D eigenvalue weighted by Gasteiger charge is -2.11. The first kappa shape index (κ1) is 13.4. The Morgan fingerprint density at radius 2 is 2.22 bits per heavy atom. The number of rotatable bonds is 6. The van der Waals surface area contributed by atoms with Crippen LogP contribution < -0.4 is 10.1 Å². The van der Waals surface area contributed by atoms with E-state index in [0.717, 1.165) is 29.4 Å². The second-order valence-electron chi connectivity index (χ2n) is 3.95. The number of hydrogen-bond acceptors (Lipinski definition) is 3. The molecule has 2 rings (SSSR count). The van der Waals surface area contributed by atoms with Crippen molar-refractivity contribution >= 4 is 22.9 Å². The van der Waals surface area contributed by atoms with E-state index >= 15 is 0 Å². The predicted octanol–water partition coefficient (Wildman–Crippen LogP) is 4.09. The Hall–Kier alpha value is -1.03.